The van der Waals surface area contributed by atoms with Gasteiger partial charge in [0.05, 0.1) is 18.5 Å². The van der Waals surface area contributed by atoms with E-state index in [-0.39, 0.29) is 6.61 Å². The van der Waals surface area contributed by atoms with Crippen molar-refractivity contribution in [3.8, 4) is 0 Å². The summed E-state index contributed by atoms with van der Waals surface area (Å²) in [7, 11) is 0. The lowest BCUT2D eigenvalue weighted by Gasteiger charge is -2.09. The van der Waals surface area contributed by atoms with E-state index in [0.29, 0.717) is 5.69 Å². The molecule has 1 unspecified atom stereocenters. The Morgan fingerprint density at radius 1 is 1.67 bits per heavy atom. The Kier molecular flexibility index (Phi) is 4.52. The van der Waals surface area contributed by atoms with Crippen molar-refractivity contribution in [2.24, 2.45) is 0 Å². The molecule has 1 heterocycles. The summed E-state index contributed by atoms with van der Waals surface area (Å²) in [5, 5.41) is 19.8. The smallest absolute Gasteiger partial charge is 0.411 e. The molecule has 0 spiro atoms. The first-order valence-corrected chi connectivity index (χ1v) is 4.35. The molecule has 0 aliphatic rings. The number of hydrogen-bond donors (Lipinski definition) is 3. The minimum atomic E-state index is -1.05. The highest BCUT2D eigenvalue weighted by atomic mass is 16.6. The van der Waals surface area contributed by atoms with Crippen LogP contribution < -0.4 is 5.32 Å². The van der Waals surface area contributed by atoms with Gasteiger partial charge in [-0.25, -0.2) is 4.79 Å². The predicted octanol–water partition coefficient (Wildman–Crippen LogP) is -0.0167. The number of carbonyl (C=O) groups excluding carboxylic acids is 1. The normalized spacial score (nSPS) is 11.9. The van der Waals surface area contributed by atoms with Crippen LogP contribution in [0.3, 0.4) is 0 Å². The molecule has 0 saturated carbocycles. The molecule has 6 heteroatoms. The third-order valence-electron chi connectivity index (χ3n) is 1.53. The van der Waals surface area contributed by atoms with E-state index in [1.807, 2.05) is 0 Å². The Balaban J connectivity index is 2.31. The van der Waals surface area contributed by atoms with Crippen molar-refractivity contribution >= 4 is 11.8 Å². The lowest BCUT2D eigenvalue weighted by molar-refractivity contribution is 0.0362. The lowest BCUT2D eigenvalue weighted by Crippen LogP contribution is -2.24. The minimum absolute atomic E-state index is 0.247. The molecule has 0 aromatic carbocycles. The standard InChI is InChI=1S/C9H12N2O4/c12-5-8(13)6-15-9(14)11-7-2-1-3-10-4-7/h1-4,8,12-13H,5-6H2,(H,11,14). The van der Waals surface area contributed by atoms with Gasteiger partial charge in [-0.2, -0.15) is 0 Å². The number of amides is 1. The van der Waals surface area contributed by atoms with E-state index in [2.05, 4.69) is 15.0 Å². The molecule has 15 heavy (non-hydrogen) atoms. The summed E-state index contributed by atoms with van der Waals surface area (Å²) in [4.78, 5) is 14.9. The number of aliphatic hydroxyl groups is 2. The number of nitrogens with zero attached hydrogens (tertiary/aromatic N) is 1. The van der Waals surface area contributed by atoms with Crippen LogP contribution in [0.2, 0.25) is 0 Å². The minimum Gasteiger partial charge on any atom is -0.446 e. The van der Waals surface area contributed by atoms with E-state index >= 15 is 0 Å². The highest BCUT2D eigenvalue weighted by Crippen LogP contribution is 2.02. The molecule has 1 aromatic rings. The van der Waals surface area contributed by atoms with E-state index in [0.717, 1.165) is 0 Å². The van der Waals surface area contributed by atoms with Gasteiger partial charge < -0.3 is 14.9 Å². The van der Waals surface area contributed by atoms with Crippen LogP contribution in [0.25, 0.3) is 0 Å². The second-order valence-electron chi connectivity index (χ2n) is 2.80. The summed E-state index contributed by atoms with van der Waals surface area (Å²) >= 11 is 0. The molecule has 0 aliphatic carbocycles. The molecule has 1 aromatic heterocycles. The third-order valence-corrected chi connectivity index (χ3v) is 1.53. The molecule has 1 atom stereocenters. The summed E-state index contributed by atoms with van der Waals surface area (Å²) in [5.41, 5.74) is 0.501. The Hall–Kier alpha value is -1.66. The topological polar surface area (TPSA) is 91.7 Å². The van der Waals surface area contributed by atoms with E-state index in [9.17, 15) is 4.79 Å². The fourth-order valence-electron chi connectivity index (χ4n) is 0.815. The average Bonchev–Trinajstić information content (AvgIpc) is 2.27. The first-order valence-electron chi connectivity index (χ1n) is 4.35. The maximum Gasteiger partial charge on any atom is 0.411 e. The maximum atomic E-state index is 11.1. The van der Waals surface area contributed by atoms with Crippen LogP contribution in [0.15, 0.2) is 24.5 Å². The average molecular weight is 212 g/mol. The molecule has 82 valence electrons. The Labute approximate surface area is 86.5 Å². The van der Waals surface area contributed by atoms with Crippen LogP contribution in [-0.4, -0.2) is 40.6 Å². The van der Waals surface area contributed by atoms with Crippen molar-refractivity contribution in [2.75, 3.05) is 18.5 Å². The quantitative estimate of drug-likeness (QED) is 0.652. The van der Waals surface area contributed by atoms with Crippen molar-refractivity contribution in [2.45, 2.75) is 6.10 Å². The second kappa shape index (κ2) is 5.94. The van der Waals surface area contributed by atoms with Crippen molar-refractivity contribution in [3.05, 3.63) is 24.5 Å². The fraction of sp³-hybridized carbons (Fsp3) is 0.333. The first-order chi connectivity index (χ1) is 7.22. The van der Waals surface area contributed by atoms with Crippen molar-refractivity contribution < 1.29 is 19.7 Å². The molecule has 0 saturated heterocycles. The Morgan fingerprint density at radius 3 is 3.07 bits per heavy atom. The van der Waals surface area contributed by atoms with Crippen LogP contribution in [0, 0.1) is 0 Å². The predicted molar refractivity (Wildman–Crippen MR) is 52.3 cm³/mol. The van der Waals surface area contributed by atoms with Crippen molar-refractivity contribution in [1.82, 2.24) is 4.98 Å². The van der Waals surface area contributed by atoms with Gasteiger partial charge >= 0.3 is 6.09 Å². The molecule has 1 rings (SSSR count). The van der Waals surface area contributed by atoms with Gasteiger partial charge in [-0.15, -0.1) is 0 Å². The van der Waals surface area contributed by atoms with Crippen LogP contribution >= 0.6 is 0 Å². The lowest BCUT2D eigenvalue weighted by atomic mass is 10.4. The molecule has 0 bridgehead atoms. The number of ether oxygens (including phenoxy) is 1. The Bertz CT molecular complexity index is 304. The van der Waals surface area contributed by atoms with Crippen LogP contribution in [0.1, 0.15) is 0 Å². The summed E-state index contributed by atoms with van der Waals surface area (Å²) in [6.45, 7) is -0.692. The van der Waals surface area contributed by atoms with Crippen LogP contribution in [-0.2, 0) is 4.74 Å². The number of carbonyl (C=O) groups is 1. The summed E-state index contributed by atoms with van der Waals surface area (Å²) < 4.78 is 4.61. The zero-order chi connectivity index (χ0) is 11.1. The fourth-order valence-corrected chi connectivity index (χ4v) is 0.815. The molecular formula is C9H12N2O4. The summed E-state index contributed by atoms with van der Waals surface area (Å²) in [6.07, 6.45) is 1.29. The van der Waals surface area contributed by atoms with Gasteiger partial charge in [0.1, 0.15) is 12.7 Å². The molecule has 3 N–H and O–H groups in total. The van der Waals surface area contributed by atoms with Gasteiger partial charge in [-0.1, -0.05) is 0 Å². The van der Waals surface area contributed by atoms with Crippen LogP contribution in [0.5, 0.6) is 0 Å². The van der Waals surface area contributed by atoms with Gasteiger partial charge in [-0.3, -0.25) is 10.3 Å². The highest BCUT2D eigenvalue weighted by Gasteiger charge is 2.07. The van der Waals surface area contributed by atoms with Gasteiger partial charge in [-0.05, 0) is 12.1 Å². The zero-order valence-electron chi connectivity index (χ0n) is 7.96. The summed E-state index contributed by atoms with van der Waals surface area (Å²) in [5.74, 6) is 0. The van der Waals surface area contributed by atoms with Gasteiger partial charge in [0.25, 0.3) is 0 Å². The Morgan fingerprint density at radius 2 is 2.47 bits per heavy atom. The number of pyridine rings is 1. The number of nitrogens with one attached hydrogen (secondary N) is 1. The third kappa shape index (κ3) is 4.39. The summed E-state index contributed by atoms with van der Waals surface area (Å²) in [6, 6.07) is 3.31. The van der Waals surface area contributed by atoms with Gasteiger partial charge in [0.2, 0.25) is 0 Å². The number of anilines is 1. The molecular weight excluding hydrogens is 200 g/mol. The number of rotatable bonds is 4. The van der Waals surface area contributed by atoms with E-state index < -0.39 is 18.8 Å². The van der Waals surface area contributed by atoms with Crippen molar-refractivity contribution in [3.63, 3.8) is 0 Å². The second-order valence-corrected chi connectivity index (χ2v) is 2.80. The SMILES string of the molecule is O=C(Nc1cccnc1)OCC(O)CO. The van der Waals surface area contributed by atoms with Gasteiger partial charge in [0.15, 0.2) is 0 Å². The van der Waals surface area contributed by atoms with E-state index in [4.69, 9.17) is 10.2 Å². The largest absolute Gasteiger partial charge is 0.446 e. The molecule has 6 nitrogen and oxygen atoms in total. The highest BCUT2D eigenvalue weighted by molar-refractivity contribution is 5.84. The van der Waals surface area contributed by atoms with Gasteiger partial charge in [0, 0.05) is 6.20 Å². The zero-order valence-corrected chi connectivity index (χ0v) is 7.96. The van der Waals surface area contributed by atoms with Crippen molar-refractivity contribution in [1.29, 1.82) is 0 Å². The van der Waals surface area contributed by atoms with E-state index in [1.54, 1.807) is 18.3 Å². The van der Waals surface area contributed by atoms with E-state index in [1.165, 1.54) is 6.20 Å². The monoisotopic (exact) mass is 212 g/mol. The molecule has 0 aliphatic heterocycles. The molecule has 0 radical (unpaired) electrons. The number of hydrogen-bond acceptors (Lipinski definition) is 5. The first kappa shape index (κ1) is 11.4. The number of aromatic nitrogens is 1. The molecule has 0 fully saturated rings. The van der Waals surface area contributed by atoms with Crippen LogP contribution in [0.4, 0.5) is 10.5 Å². The maximum absolute atomic E-state index is 11.1. The molecule has 1 amide bonds. The number of aliphatic hydroxyl groups excluding tert-OH is 2.